The van der Waals surface area contributed by atoms with Crippen LogP contribution in [0.3, 0.4) is 0 Å². The van der Waals surface area contributed by atoms with E-state index in [1.807, 2.05) is 13.8 Å². The van der Waals surface area contributed by atoms with Crippen molar-refractivity contribution >= 4 is 0 Å². The van der Waals surface area contributed by atoms with E-state index < -0.39 is 0 Å². The van der Waals surface area contributed by atoms with Crippen LogP contribution < -0.4 is 0 Å². The Hall–Kier alpha value is -0.870. The minimum Gasteiger partial charge on any atom is -0.379 e. The zero-order valence-electron chi connectivity index (χ0n) is 12.5. The van der Waals surface area contributed by atoms with Gasteiger partial charge in [0.2, 0.25) is 0 Å². The Morgan fingerprint density at radius 2 is 1.67 bits per heavy atom. The third kappa shape index (κ3) is 3.82. The molecule has 1 aliphatic rings. The number of rotatable bonds is 3. The van der Waals surface area contributed by atoms with E-state index in [4.69, 9.17) is 4.74 Å². The van der Waals surface area contributed by atoms with Gasteiger partial charge in [-0.3, -0.25) is 9.58 Å². The van der Waals surface area contributed by atoms with Crippen LogP contribution in [0.2, 0.25) is 0 Å². The van der Waals surface area contributed by atoms with Gasteiger partial charge in [-0.15, -0.1) is 0 Å². The third-order valence-corrected chi connectivity index (χ3v) is 3.48. The van der Waals surface area contributed by atoms with E-state index in [2.05, 4.69) is 35.5 Å². The van der Waals surface area contributed by atoms with Gasteiger partial charge in [0.25, 0.3) is 0 Å². The molecule has 0 atom stereocenters. The quantitative estimate of drug-likeness (QED) is 0.827. The van der Waals surface area contributed by atoms with Crippen molar-refractivity contribution in [3.8, 4) is 0 Å². The summed E-state index contributed by atoms with van der Waals surface area (Å²) in [4.78, 5) is 2.44. The van der Waals surface area contributed by atoms with Gasteiger partial charge in [-0.2, -0.15) is 5.10 Å². The van der Waals surface area contributed by atoms with Gasteiger partial charge in [0.15, 0.2) is 0 Å². The van der Waals surface area contributed by atoms with Gasteiger partial charge in [-0.1, -0.05) is 13.8 Å². The van der Waals surface area contributed by atoms with Crippen molar-refractivity contribution in [2.45, 2.75) is 41.2 Å². The van der Waals surface area contributed by atoms with Gasteiger partial charge in [0, 0.05) is 25.3 Å². The van der Waals surface area contributed by atoms with Crippen molar-refractivity contribution in [3.63, 3.8) is 0 Å². The minimum atomic E-state index is 0.871. The number of hydrogen-bond donors (Lipinski definition) is 0. The SMILES string of the molecule is CC.Cc1nn(CCN2CCOCC2)c(C)c1C. The molecule has 1 saturated heterocycles. The highest BCUT2D eigenvalue weighted by Gasteiger charge is 2.12. The summed E-state index contributed by atoms with van der Waals surface area (Å²) in [5, 5.41) is 4.55. The highest BCUT2D eigenvalue weighted by atomic mass is 16.5. The summed E-state index contributed by atoms with van der Waals surface area (Å²) < 4.78 is 7.46. The molecule has 0 aromatic carbocycles. The lowest BCUT2D eigenvalue weighted by molar-refractivity contribution is 0.0359. The number of hydrogen-bond acceptors (Lipinski definition) is 3. The van der Waals surface area contributed by atoms with Gasteiger partial charge in [0.05, 0.1) is 25.5 Å². The van der Waals surface area contributed by atoms with Gasteiger partial charge in [-0.05, 0) is 26.3 Å². The highest BCUT2D eigenvalue weighted by Crippen LogP contribution is 2.10. The summed E-state index contributed by atoms with van der Waals surface area (Å²) in [7, 11) is 0. The van der Waals surface area contributed by atoms with Gasteiger partial charge < -0.3 is 4.74 Å². The maximum Gasteiger partial charge on any atom is 0.0625 e. The largest absolute Gasteiger partial charge is 0.379 e. The number of nitrogens with zero attached hydrogens (tertiary/aromatic N) is 3. The van der Waals surface area contributed by atoms with Gasteiger partial charge in [-0.25, -0.2) is 0 Å². The molecule has 1 fully saturated rings. The molecule has 0 N–H and O–H groups in total. The van der Waals surface area contributed by atoms with E-state index in [1.54, 1.807) is 0 Å². The molecule has 1 aromatic rings. The van der Waals surface area contributed by atoms with Crippen molar-refractivity contribution in [2.24, 2.45) is 0 Å². The van der Waals surface area contributed by atoms with Crippen LogP contribution in [0.5, 0.6) is 0 Å². The minimum absolute atomic E-state index is 0.871. The molecule has 2 rings (SSSR count). The maximum atomic E-state index is 5.33. The number of ether oxygens (including phenoxy) is 1. The van der Waals surface area contributed by atoms with Crippen LogP contribution in [-0.2, 0) is 11.3 Å². The Morgan fingerprint density at radius 1 is 1.06 bits per heavy atom. The second-order valence-corrected chi connectivity index (χ2v) is 4.47. The smallest absolute Gasteiger partial charge is 0.0625 e. The monoisotopic (exact) mass is 253 g/mol. The summed E-state index contributed by atoms with van der Waals surface area (Å²) in [5.41, 5.74) is 3.77. The van der Waals surface area contributed by atoms with Crippen molar-refractivity contribution in [1.82, 2.24) is 14.7 Å². The van der Waals surface area contributed by atoms with E-state index in [0.717, 1.165) is 45.1 Å². The summed E-state index contributed by atoms with van der Waals surface area (Å²) in [6, 6.07) is 0. The van der Waals surface area contributed by atoms with Crippen LogP contribution in [0.4, 0.5) is 0 Å². The average molecular weight is 253 g/mol. The molecule has 1 aromatic heterocycles. The van der Waals surface area contributed by atoms with Crippen LogP contribution in [0.25, 0.3) is 0 Å². The average Bonchev–Trinajstić information content (AvgIpc) is 2.67. The van der Waals surface area contributed by atoms with Crippen LogP contribution in [0.15, 0.2) is 0 Å². The van der Waals surface area contributed by atoms with Crippen molar-refractivity contribution in [1.29, 1.82) is 0 Å². The Balaban J connectivity index is 0.000000771. The molecular formula is C14H27N3O. The first-order valence-corrected chi connectivity index (χ1v) is 6.99. The maximum absolute atomic E-state index is 5.33. The predicted octanol–water partition coefficient (Wildman–Crippen LogP) is 2.17. The first-order valence-electron chi connectivity index (χ1n) is 6.99. The normalized spacial score (nSPS) is 16.3. The highest BCUT2D eigenvalue weighted by molar-refractivity contribution is 5.22. The van der Waals surface area contributed by atoms with Crippen LogP contribution in [-0.4, -0.2) is 47.5 Å². The lowest BCUT2D eigenvalue weighted by Gasteiger charge is -2.26. The first kappa shape index (κ1) is 15.2. The molecule has 0 aliphatic carbocycles. The standard InChI is InChI=1S/C12H21N3O.C2H6/c1-10-11(2)13-15(12(10)3)5-4-14-6-8-16-9-7-14;1-2/h4-9H2,1-3H3;1-2H3. The summed E-state index contributed by atoms with van der Waals surface area (Å²) >= 11 is 0. The summed E-state index contributed by atoms with van der Waals surface area (Å²) in [6.07, 6.45) is 0. The van der Waals surface area contributed by atoms with Crippen LogP contribution in [0.1, 0.15) is 30.8 Å². The van der Waals surface area contributed by atoms with Crippen molar-refractivity contribution in [3.05, 3.63) is 17.0 Å². The Bertz CT molecular complexity index is 354. The molecule has 0 saturated carbocycles. The fourth-order valence-electron chi connectivity index (χ4n) is 2.07. The van der Waals surface area contributed by atoms with Gasteiger partial charge >= 0.3 is 0 Å². The van der Waals surface area contributed by atoms with E-state index >= 15 is 0 Å². The number of aryl methyl sites for hydroxylation is 1. The molecule has 0 bridgehead atoms. The van der Waals surface area contributed by atoms with Crippen molar-refractivity contribution < 1.29 is 4.74 Å². The number of morpholine rings is 1. The lowest BCUT2D eigenvalue weighted by atomic mass is 10.2. The zero-order valence-corrected chi connectivity index (χ0v) is 12.5. The summed E-state index contributed by atoms with van der Waals surface area (Å²) in [6.45, 7) is 16.3. The zero-order chi connectivity index (χ0) is 13.5. The topological polar surface area (TPSA) is 30.3 Å². The molecule has 18 heavy (non-hydrogen) atoms. The van der Waals surface area contributed by atoms with Gasteiger partial charge in [0.1, 0.15) is 0 Å². The third-order valence-electron chi connectivity index (χ3n) is 3.48. The second kappa shape index (κ2) is 7.54. The van der Waals surface area contributed by atoms with Crippen LogP contribution in [0, 0.1) is 20.8 Å². The summed E-state index contributed by atoms with van der Waals surface area (Å²) in [5.74, 6) is 0. The molecule has 0 amide bonds. The molecule has 104 valence electrons. The van der Waals surface area contributed by atoms with E-state index in [1.165, 1.54) is 11.3 Å². The molecule has 1 aliphatic heterocycles. The fourth-order valence-corrected chi connectivity index (χ4v) is 2.07. The second-order valence-electron chi connectivity index (χ2n) is 4.47. The molecule has 4 nitrogen and oxygen atoms in total. The fraction of sp³-hybridized carbons (Fsp3) is 0.786. The molecule has 0 spiro atoms. The molecular weight excluding hydrogens is 226 g/mol. The Morgan fingerprint density at radius 3 is 2.17 bits per heavy atom. The van der Waals surface area contributed by atoms with E-state index in [0.29, 0.717) is 0 Å². The van der Waals surface area contributed by atoms with Crippen LogP contribution >= 0.6 is 0 Å². The number of aromatic nitrogens is 2. The molecule has 4 heteroatoms. The molecule has 0 unspecified atom stereocenters. The molecule has 0 radical (unpaired) electrons. The Kier molecular flexibility index (Phi) is 6.36. The lowest BCUT2D eigenvalue weighted by Crippen LogP contribution is -2.38. The van der Waals surface area contributed by atoms with Crippen molar-refractivity contribution in [2.75, 3.05) is 32.8 Å². The van der Waals surface area contributed by atoms with E-state index in [-0.39, 0.29) is 0 Å². The first-order chi connectivity index (χ1) is 8.68. The Labute approximate surface area is 111 Å². The molecule has 2 heterocycles. The van der Waals surface area contributed by atoms with E-state index in [9.17, 15) is 0 Å². The predicted molar refractivity (Wildman–Crippen MR) is 75.0 cm³/mol.